The molecule has 0 spiro atoms. The lowest BCUT2D eigenvalue weighted by molar-refractivity contribution is 0.192. The van der Waals surface area contributed by atoms with Gasteiger partial charge in [-0.2, -0.15) is 0 Å². The van der Waals surface area contributed by atoms with Crippen LogP contribution in [0.2, 0.25) is 0 Å². The highest BCUT2D eigenvalue weighted by atomic mass is 32.2. The summed E-state index contributed by atoms with van der Waals surface area (Å²) < 4.78 is 22.4. The Balaban J connectivity index is 1.57. The molecule has 1 aliphatic heterocycles. The fraction of sp³-hybridized carbons (Fsp3) is 0.267. The number of nitrogens with one attached hydrogen (secondary N) is 1. The van der Waals surface area contributed by atoms with Gasteiger partial charge >= 0.3 is 6.03 Å². The number of carbonyl (C=O) groups is 1. The summed E-state index contributed by atoms with van der Waals surface area (Å²) in [5.41, 5.74) is 2.04. The highest BCUT2D eigenvalue weighted by Crippen LogP contribution is 2.23. The van der Waals surface area contributed by atoms with Crippen molar-refractivity contribution in [2.24, 2.45) is 5.14 Å². The number of carbonyl (C=O) groups excluding carboxylic acids is 1. The van der Waals surface area contributed by atoms with E-state index in [0.717, 1.165) is 12.0 Å². The number of urea groups is 1. The van der Waals surface area contributed by atoms with E-state index in [-0.39, 0.29) is 10.9 Å². The van der Waals surface area contributed by atoms with E-state index in [1.807, 2.05) is 0 Å². The first-order valence-electron chi connectivity index (χ1n) is 7.13. The third-order valence-electron chi connectivity index (χ3n) is 3.79. The summed E-state index contributed by atoms with van der Waals surface area (Å²) in [5, 5.41) is 9.97. The Morgan fingerprint density at radius 3 is 2.70 bits per heavy atom. The maximum absolute atomic E-state index is 12.2. The molecule has 0 saturated heterocycles. The van der Waals surface area contributed by atoms with Gasteiger partial charge in [0.25, 0.3) is 0 Å². The van der Waals surface area contributed by atoms with E-state index < -0.39 is 10.0 Å². The molecule has 122 valence electrons. The first-order chi connectivity index (χ1) is 10.9. The monoisotopic (exact) mass is 351 g/mol. The van der Waals surface area contributed by atoms with Gasteiger partial charge in [0.15, 0.2) is 0 Å². The highest BCUT2D eigenvalue weighted by Gasteiger charge is 2.21. The summed E-state index contributed by atoms with van der Waals surface area (Å²) in [6, 6.07) is 8.12. The zero-order valence-corrected chi connectivity index (χ0v) is 14.0. The van der Waals surface area contributed by atoms with Crippen LogP contribution in [0.5, 0.6) is 0 Å². The van der Waals surface area contributed by atoms with Gasteiger partial charge in [0.05, 0.1) is 4.90 Å². The number of nitrogens with zero attached hydrogens (tertiary/aromatic N) is 1. The number of amides is 2. The Bertz CT molecular complexity index is 813. The van der Waals surface area contributed by atoms with Gasteiger partial charge in [0.2, 0.25) is 10.0 Å². The lowest BCUT2D eigenvalue weighted by Gasteiger charge is -2.27. The SMILES string of the molecule is NS(=O)(=O)c1ccc(CNC(=O)N2CCc3sccc3C2)cc1. The molecule has 1 aromatic heterocycles. The Hall–Kier alpha value is -1.90. The molecule has 2 amide bonds. The van der Waals surface area contributed by atoms with Gasteiger partial charge in [-0.15, -0.1) is 11.3 Å². The molecule has 0 atom stereocenters. The molecule has 23 heavy (non-hydrogen) atoms. The molecular formula is C15H17N3O3S2. The molecule has 0 bridgehead atoms. The minimum Gasteiger partial charge on any atom is -0.334 e. The summed E-state index contributed by atoms with van der Waals surface area (Å²) in [4.78, 5) is 15.4. The van der Waals surface area contributed by atoms with Crippen molar-refractivity contribution in [1.29, 1.82) is 0 Å². The first-order valence-corrected chi connectivity index (χ1v) is 9.56. The highest BCUT2D eigenvalue weighted by molar-refractivity contribution is 7.89. The summed E-state index contributed by atoms with van der Waals surface area (Å²) >= 11 is 1.73. The van der Waals surface area contributed by atoms with E-state index in [1.54, 1.807) is 28.4 Å². The van der Waals surface area contributed by atoms with Crippen LogP contribution in [0, 0.1) is 0 Å². The first kappa shape index (κ1) is 16.0. The molecule has 3 N–H and O–H groups in total. The topological polar surface area (TPSA) is 92.5 Å². The maximum Gasteiger partial charge on any atom is 0.317 e. The molecule has 0 fully saturated rings. The van der Waals surface area contributed by atoms with Crippen LogP contribution in [0.1, 0.15) is 16.0 Å². The van der Waals surface area contributed by atoms with Gasteiger partial charge < -0.3 is 10.2 Å². The van der Waals surface area contributed by atoms with Crippen molar-refractivity contribution in [2.45, 2.75) is 24.4 Å². The Morgan fingerprint density at radius 1 is 1.26 bits per heavy atom. The molecule has 0 saturated carbocycles. The molecule has 6 nitrogen and oxygen atoms in total. The number of hydrogen-bond acceptors (Lipinski definition) is 4. The zero-order valence-electron chi connectivity index (χ0n) is 12.4. The van der Waals surface area contributed by atoms with E-state index in [2.05, 4.69) is 16.8 Å². The Labute approximate surface area is 139 Å². The van der Waals surface area contributed by atoms with Gasteiger partial charge in [0, 0.05) is 24.5 Å². The molecule has 3 rings (SSSR count). The molecule has 1 aromatic carbocycles. The maximum atomic E-state index is 12.2. The van der Waals surface area contributed by atoms with E-state index in [1.165, 1.54) is 22.6 Å². The van der Waals surface area contributed by atoms with Gasteiger partial charge in [-0.25, -0.2) is 18.4 Å². The Kier molecular flexibility index (Phi) is 4.38. The number of rotatable bonds is 3. The molecule has 0 radical (unpaired) electrons. The van der Waals surface area contributed by atoms with E-state index in [0.29, 0.717) is 19.6 Å². The average Bonchev–Trinajstić information content (AvgIpc) is 2.99. The van der Waals surface area contributed by atoms with E-state index >= 15 is 0 Å². The molecule has 0 aliphatic carbocycles. The van der Waals surface area contributed by atoms with E-state index in [9.17, 15) is 13.2 Å². The molecule has 2 heterocycles. The molecule has 2 aromatic rings. The molecule has 1 aliphatic rings. The van der Waals surface area contributed by atoms with Crippen molar-refractivity contribution in [3.8, 4) is 0 Å². The van der Waals surface area contributed by atoms with Crippen molar-refractivity contribution in [1.82, 2.24) is 10.2 Å². The smallest absolute Gasteiger partial charge is 0.317 e. The van der Waals surface area contributed by atoms with Crippen LogP contribution >= 0.6 is 11.3 Å². The minimum atomic E-state index is -3.69. The number of fused-ring (bicyclic) bond motifs is 1. The largest absolute Gasteiger partial charge is 0.334 e. The number of thiophene rings is 1. The van der Waals surface area contributed by atoms with Crippen LogP contribution in [-0.2, 0) is 29.5 Å². The molecular weight excluding hydrogens is 334 g/mol. The van der Waals surface area contributed by atoms with E-state index in [4.69, 9.17) is 5.14 Å². The lowest BCUT2D eigenvalue weighted by atomic mass is 10.1. The Morgan fingerprint density at radius 2 is 2.00 bits per heavy atom. The predicted molar refractivity (Wildman–Crippen MR) is 88.5 cm³/mol. The third-order valence-corrected chi connectivity index (χ3v) is 5.74. The van der Waals surface area contributed by atoms with Gasteiger partial charge in [-0.3, -0.25) is 0 Å². The summed E-state index contributed by atoms with van der Waals surface area (Å²) in [5.74, 6) is 0. The second kappa shape index (κ2) is 6.31. The molecule has 0 unspecified atom stereocenters. The van der Waals surface area contributed by atoms with Crippen molar-refractivity contribution < 1.29 is 13.2 Å². The minimum absolute atomic E-state index is 0.0635. The van der Waals surface area contributed by atoms with Crippen molar-refractivity contribution in [3.63, 3.8) is 0 Å². The zero-order chi connectivity index (χ0) is 16.4. The third kappa shape index (κ3) is 3.72. The van der Waals surface area contributed by atoms with Crippen molar-refractivity contribution >= 4 is 27.4 Å². The number of nitrogens with two attached hydrogens (primary N) is 1. The summed E-state index contributed by atoms with van der Waals surface area (Å²) in [6.45, 7) is 1.69. The summed E-state index contributed by atoms with van der Waals surface area (Å²) in [7, 11) is -3.69. The number of primary sulfonamides is 1. The normalized spacial score (nSPS) is 14.4. The second-order valence-corrected chi connectivity index (χ2v) is 7.95. The van der Waals surface area contributed by atoms with Crippen molar-refractivity contribution in [3.05, 3.63) is 51.7 Å². The number of benzene rings is 1. The number of hydrogen-bond donors (Lipinski definition) is 2. The van der Waals surface area contributed by atoms with Gasteiger partial charge in [-0.1, -0.05) is 12.1 Å². The fourth-order valence-corrected chi connectivity index (χ4v) is 3.91. The van der Waals surface area contributed by atoms with Crippen LogP contribution < -0.4 is 10.5 Å². The van der Waals surface area contributed by atoms with Crippen molar-refractivity contribution in [2.75, 3.05) is 6.54 Å². The van der Waals surface area contributed by atoms with Crippen LogP contribution in [0.25, 0.3) is 0 Å². The average molecular weight is 351 g/mol. The van der Waals surface area contributed by atoms with Crippen LogP contribution in [0.3, 0.4) is 0 Å². The second-order valence-electron chi connectivity index (χ2n) is 5.39. The molecule has 8 heteroatoms. The van der Waals surface area contributed by atoms with Crippen LogP contribution in [0.15, 0.2) is 40.6 Å². The standard InChI is InChI=1S/C15H17N3O3S2/c16-23(20,21)13-3-1-11(2-4-13)9-17-15(19)18-7-5-14-12(10-18)6-8-22-14/h1-4,6,8H,5,7,9-10H2,(H,17,19)(H2,16,20,21). The van der Waals surface area contributed by atoms with Gasteiger partial charge in [0.1, 0.15) is 0 Å². The summed E-state index contributed by atoms with van der Waals surface area (Å²) in [6.07, 6.45) is 0.892. The lowest BCUT2D eigenvalue weighted by Crippen LogP contribution is -2.42. The predicted octanol–water partition coefficient (Wildman–Crippen LogP) is 1.66. The number of sulfonamides is 1. The fourth-order valence-electron chi connectivity index (χ4n) is 2.51. The van der Waals surface area contributed by atoms with Crippen LogP contribution in [-0.4, -0.2) is 25.9 Å². The van der Waals surface area contributed by atoms with Gasteiger partial charge in [-0.05, 0) is 41.1 Å². The van der Waals surface area contributed by atoms with Crippen LogP contribution in [0.4, 0.5) is 4.79 Å². The quantitative estimate of drug-likeness (QED) is 0.881.